The van der Waals surface area contributed by atoms with Crippen LogP contribution < -0.4 is 10.0 Å². The first kappa shape index (κ1) is 31.2. The molecule has 0 bridgehead atoms. The van der Waals surface area contributed by atoms with Crippen LogP contribution in [0.15, 0.2) is 71.6 Å². The van der Waals surface area contributed by atoms with Crippen molar-refractivity contribution in [3.05, 3.63) is 99.2 Å². The number of aromatic nitrogens is 1. The lowest BCUT2D eigenvalue weighted by molar-refractivity contribution is -0.384. The highest BCUT2D eigenvalue weighted by Crippen LogP contribution is 2.30. The van der Waals surface area contributed by atoms with Gasteiger partial charge in [-0.15, -0.1) is 0 Å². The van der Waals surface area contributed by atoms with E-state index in [9.17, 15) is 23.3 Å². The Kier molecular flexibility index (Phi) is 9.62. The molecule has 1 aliphatic heterocycles. The van der Waals surface area contributed by atoms with Crippen LogP contribution in [0.5, 0.6) is 0 Å². The normalized spacial score (nSPS) is 14.0. The number of nitro benzene ring substituents is 1. The van der Waals surface area contributed by atoms with E-state index in [-0.39, 0.29) is 22.0 Å². The number of nitrogens with zero attached hydrogens (tertiary/aromatic N) is 3. The maximum atomic E-state index is 13.7. The number of nitrogens with one attached hydrogen (secondary N) is 2. The van der Waals surface area contributed by atoms with Gasteiger partial charge in [-0.25, -0.2) is 13.1 Å². The van der Waals surface area contributed by atoms with Crippen LogP contribution in [0.25, 0.3) is 10.9 Å². The number of fused-ring (bicyclic) bond motifs is 1. The number of carbonyl (C=O) groups is 1. The van der Waals surface area contributed by atoms with E-state index in [0.29, 0.717) is 38.4 Å². The Hall–Kier alpha value is -4.26. The first-order chi connectivity index (χ1) is 21.1. The van der Waals surface area contributed by atoms with Crippen molar-refractivity contribution in [2.24, 2.45) is 0 Å². The number of sulfonamides is 1. The molecule has 3 aromatic carbocycles. The average molecular weight is 620 g/mol. The van der Waals surface area contributed by atoms with Crippen molar-refractivity contribution < 1.29 is 22.9 Å². The summed E-state index contributed by atoms with van der Waals surface area (Å²) in [5.41, 5.74) is 3.77. The van der Waals surface area contributed by atoms with Gasteiger partial charge in [-0.05, 0) is 61.6 Å². The molecular weight excluding hydrogens is 582 g/mol. The van der Waals surface area contributed by atoms with Gasteiger partial charge in [-0.3, -0.25) is 19.8 Å². The zero-order chi connectivity index (χ0) is 31.3. The van der Waals surface area contributed by atoms with Crippen molar-refractivity contribution in [2.45, 2.75) is 38.1 Å². The van der Waals surface area contributed by atoms with E-state index in [4.69, 9.17) is 4.74 Å². The van der Waals surface area contributed by atoms with Gasteiger partial charge < -0.3 is 14.6 Å². The molecule has 2 N–H and O–H groups in total. The summed E-state index contributed by atoms with van der Waals surface area (Å²) in [5, 5.41) is 15.8. The number of aryl methyl sites for hydroxylation is 4. The number of hydrogen-bond acceptors (Lipinski definition) is 8. The second kappa shape index (κ2) is 13.6. The molecule has 1 fully saturated rings. The highest BCUT2D eigenvalue weighted by Gasteiger charge is 2.27. The molecule has 0 saturated carbocycles. The van der Waals surface area contributed by atoms with Crippen LogP contribution in [0.2, 0.25) is 0 Å². The van der Waals surface area contributed by atoms with Gasteiger partial charge in [0.1, 0.15) is 11.4 Å². The number of anilines is 1. The molecular formula is C32H37N5O6S. The van der Waals surface area contributed by atoms with Crippen LogP contribution in [-0.2, 0) is 27.7 Å². The molecule has 11 nitrogen and oxygen atoms in total. The van der Waals surface area contributed by atoms with Crippen molar-refractivity contribution in [3.63, 3.8) is 0 Å². The van der Waals surface area contributed by atoms with Crippen molar-refractivity contribution in [3.8, 4) is 0 Å². The molecule has 0 atom stereocenters. The summed E-state index contributed by atoms with van der Waals surface area (Å²) in [6.45, 7) is 8.23. The third-order valence-electron chi connectivity index (χ3n) is 7.93. The van der Waals surface area contributed by atoms with E-state index in [2.05, 4.69) is 14.9 Å². The summed E-state index contributed by atoms with van der Waals surface area (Å²) in [7, 11) is -4.43. The number of benzene rings is 3. The quantitative estimate of drug-likeness (QED) is 0.173. The number of carbonyl (C=O) groups excluding carboxylic acids is 1. The molecule has 5 rings (SSSR count). The van der Waals surface area contributed by atoms with E-state index < -0.39 is 20.9 Å². The lowest BCUT2D eigenvalue weighted by Crippen LogP contribution is -2.39. The van der Waals surface area contributed by atoms with E-state index in [1.54, 1.807) is 6.92 Å². The Balaban J connectivity index is 1.37. The van der Waals surface area contributed by atoms with Gasteiger partial charge in [-0.2, -0.15) is 0 Å². The number of morpholine rings is 1. The Bertz CT molecular complexity index is 1760. The predicted octanol–water partition coefficient (Wildman–Crippen LogP) is 4.66. The Labute approximate surface area is 257 Å². The van der Waals surface area contributed by atoms with E-state index in [0.717, 1.165) is 48.5 Å². The number of amides is 1. The van der Waals surface area contributed by atoms with Crippen molar-refractivity contribution in [2.75, 3.05) is 44.7 Å². The molecule has 12 heteroatoms. The van der Waals surface area contributed by atoms with Crippen molar-refractivity contribution in [1.82, 2.24) is 14.2 Å². The number of hydrogen-bond donors (Lipinski definition) is 2. The van der Waals surface area contributed by atoms with Gasteiger partial charge in [-0.1, -0.05) is 42.5 Å². The van der Waals surface area contributed by atoms with Crippen LogP contribution in [0, 0.1) is 24.0 Å². The highest BCUT2D eigenvalue weighted by molar-refractivity contribution is 7.90. The van der Waals surface area contributed by atoms with Gasteiger partial charge in [0.25, 0.3) is 21.6 Å². The van der Waals surface area contributed by atoms with E-state index in [1.807, 2.05) is 60.0 Å². The summed E-state index contributed by atoms with van der Waals surface area (Å²) >= 11 is 0. The fourth-order valence-electron chi connectivity index (χ4n) is 5.63. The minimum Gasteiger partial charge on any atom is -0.379 e. The molecule has 1 saturated heterocycles. The number of nitro groups is 1. The minimum atomic E-state index is -4.43. The van der Waals surface area contributed by atoms with Crippen LogP contribution >= 0.6 is 0 Å². The van der Waals surface area contributed by atoms with Gasteiger partial charge in [0.15, 0.2) is 0 Å². The first-order valence-corrected chi connectivity index (χ1v) is 16.2. The Morgan fingerprint density at radius 3 is 2.48 bits per heavy atom. The molecule has 44 heavy (non-hydrogen) atoms. The average Bonchev–Trinajstić information content (AvgIpc) is 3.28. The third kappa shape index (κ3) is 7.09. The SMILES string of the molecule is Cc1ccc2c(C)c(C(=O)NS(=O)(=O)c3ccc(NCCN4CCOCC4)c([N+](=O)[O-])c3)n(CCCc3ccccc3)c2c1. The smallest absolute Gasteiger partial charge is 0.293 e. The maximum Gasteiger partial charge on any atom is 0.293 e. The molecule has 0 radical (unpaired) electrons. The van der Waals surface area contributed by atoms with Gasteiger partial charge in [0.05, 0.1) is 23.0 Å². The highest BCUT2D eigenvalue weighted by atomic mass is 32.2. The largest absolute Gasteiger partial charge is 0.379 e. The molecule has 1 aliphatic rings. The summed E-state index contributed by atoms with van der Waals surface area (Å²) in [5.74, 6) is -0.786. The van der Waals surface area contributed by atoms with Crippen LogP contribution in [0.3, 0.4) is 0 Å². The zero-order valence-electron chi connectivity index (χ0n) is 24.9. The van der Waals surface area contributed by atoms with Crippen molar-refractivity contribution in [1.29, 1.82) is 0 Å². The lowest BCUT2D eigenvalue weighted by atomic mass is 10.1. The number of rotatable bonds is 12. The molecule has 0 aliphatic carbocycles. The fraction of sp³-hybridized carbons (Fsp3) is 0.344. The standard InChI is InChI=1S/C32H37N5O6S/c1-23-10-12-27-24(2)31(36(29(27)21-23)15-6-9-25-7-4-3-5-8-25)32(38)34-44(41,42)26-11-13-28(30(22-26)37(39)40)33-14-16-35-17-19-43-20-18-35/h3-5,7-8,10-13,21-22,33H,6,9,14-20H2,1-2H3,(H,34,38). The van der Waals surface area contributed by atoms with Gasteiger partial charge in [0.2, 0.25) is 0 Å². The van der Waals surface area contributed by atoms with Crippen LogP contribution in [-0.4, -0.2) is 68.1 Å². The van der Waals surface area contributed by atoms with Crippen LogP contribution in [0.1, 0.15) is 33.6 Å². The molecule has 2 heterocycles. The summed E-state index contributed by atoms with van der Waals surface area (Å²) in [6.07, 6.45) is 1.53. The Morgan fingerprint density at radius 1 is 1.00 bits per heavy atom. The third-order valence-corrected chi connectivity index (χ3v) is 9.26. The Morgan fingerprint density at radius 2 is 1.75 bits per heavy atom. The topological polar surface area (TPSA) is 136 Å². The second-order valence-corrected chi connectivity index (χ2v) is 12.7. The number of ether oxygens (including phenoxy) is 1. The maximum absolute atomic E-state index is 13.7. The lowest BCUT2D eigenvalue weighted by Gasteiger charge is -2.26. The van der Waals surface area contributed by atoms with Crippen LogP contribution in [0.4, 0.5) is 11.4 Å². The fourth-order valence-corrected chi connectivity index (χ4v) is 6.60. The summed E-state index contributed by atoms with van der Waals surface area (Å²) < 4.78 is 36.2. The summed E-state index contributed by atoms with van der Waals surface area (Å²) in [6, 6.07) is 19.5. The molecule has 0 spiro atoms. The molecule has 4 aromatic rings. The first-order valence-electron chi connectivity index (χ1n) is 14.7. The molecule has 0 unspecified atom stereocenters. The molecule has 1 amide bonds. The molecule has 232 valence electrons. The minimum absolute atomic E-state index is 0.207. The second-order valence-electron chi connectivity index (χ2n) is 11.0. The monoisotopic (exact) mass is 619 g/mol. The molecule has 1 aromatic heterocycles. The summed E-state index contributed by atoms with van der Waals surface area (Å²) in [4.78, 5) is 26.7. The predicted molar refractivity (Wildman–Crippen MR) is 170 cm³/mol. The van der Waals surface area contributed by atoms with E-state index in [1.165, 1.54) is 17.7 Å². The van der Waals surface area contributed by atoms with Gasteiger partial charge >= 0.3 is 0 Å². The van der Waals surface area contributed by atoms with Crippen molar-refractivity contribution >= 4 is 38.2 Å². The van der Waals surface area contributed by atoms with Gasteiger partial charge in [0, 0.05) is 49.7 Å². The van der Waals surface area contributed by atoms with E-state index >= 15 is 0 Å². The zero-order valence-corrected chi connectivity index (χ0v) is 25.7.